The number of Topliss-reactive ketones (excluding diaryl/α,β-unsaturated/α-hetero) is 1. The summed E-state index contributed by atoms with van der Waals surface area (Å²) in [6.07, 6.45) is 1.31. The highest BCUT2D eigenvalue weighted by molar-refractivity contribution is 7.07. The number of thiophene rings is 1. The molecule has 0 bridgehead atoms. The highest BCUT2D eigenvalue weighted by Gasteiger charge is 2.11. The molecule has 0 saturated heterocycles. The van der Waals surface area contributed by atoms with E-state index in [9.17, 15) is 14.4 Å². The molecule has 0 atom stereocenters. The molecule has 1 aromatic heterocycles. The second kappa shape index (κ2) is 9.87. The first-order chi connectivity index (χ1) is 12.4. The van der Waals surface area contributed by atoms with E-state index in [1.807, 2.05) is 30.7 Å². The van der Waals surface area contributed by atoms with Crippen molar-refractivity contribution in [1.82, 2.24) is 0 Å². The molecule has 0 radical (unpaired) electrons. The van der Waals surface area contributed by atoms with E-state index in [1.54, 1.807) is 35.6 Å². The molecule has 1 heterocycles. The SMILES string of the molecule is CC(C)CC(=O)Nc1ccc(C(=O)COC(=O)CCc2ccsc2)cc1. The van der Waals surface area contributed by atoms with Gasteiger partial charge in [-0.2, -0.15) is 11.3 Å². The van der Waals surface area contributed by atoms with Crippen molar-refractivity contribution < 1.29 is 19.1 Å². The number of carbonyl (C=O) groups excluding carboxylic acids is 3. The van der Waals surface area contributed by atoms with Crippen LogP contribution in [0.5, 0.6) is 0 Å². The number of ether oxygens (including phenoxy) is 1. The topological polar surface area (TPSA) is 72.5 Å². The first-order valence-corrected chi connectivity index (χ1v) is 9.48. The predicted octanol–water partition coefficient (Wildman–Crippen LogP) is 4.09. The van der Waals surface area contributed by atoms with Crippen molar-refractivity contribution in [2.75, 3.05) is 11.9 Å². The van der Waals surface area contributed by atoms with Gasteiger partial charge in [0.25, 0.3) is 0 Å². The smallest absolute Gasteiger partial charge is 0.306 e. The van der Waals surface area contributed by atoms with Gasteiger partial charge in [0.05, 0.1) is 0 Å². The summed E-state index contributed by atoms with van der Waals surface area (Å²) >= 11 is 1.58. The van der Waals surface area contributed by atoms with Crippen LogP contribution >= 0.6 is 11.3 Å². The lowest BCUT2D eigenvalue weighted by Gasteiger charge is -2.08. The van der Waals surface area contributed by atoms with Crippen molar-refractivity contribution in [3.05, 3.63) is 52.2 Å². The monoisotopic (exact) mass is 373 g/mol. The molecule has 26 heavy (non-hydrogen) atoms. The number of ketones is 1. The molecule has 0 unspecified atom stereocenters. The Morgan fingerprint density at radius 2 is 1.85 bits per heavy atom. The van der Waals surface area contributed by atoms with Gasteiger partial charge in [0, 0.05) is 24.1 Å². The molecule has 0 aliphatic rings. The summed E-state index contributed by atoms with van der Waals surface area (Å²) in [7, 11) is 0. The Bertz CT molecular complexity index is 736. The van der Waals surface area contributed by atoms with Crippen LogP contribution in [0.2, 0.25) is 0 Å². The molecule has 1 aromatic carbocycles. The van der Waals surface area contributed by atoms with E-state index in [0.29, 0.717) is 24.1 Å². The summed E-state index contributed by atoms with van der Waals surface area (Å²) in [6.45, 7) is 3.67. The Morgan fingerprint density at radius 3 is 2.46 bits per heavy atom. The average molecular weight is 373 g/mol. The van der Waals surface area contributed by atoms with Gasteiger partial charge in [-0.05, 0) is 59.0 Å². The highest BCUT2D eigenvalue weighted by atomic mass is 32.1. The summed E-state index contributed by atoms with van der Waals surface area (Å²) in [4.78, 5) is 35.5. The third kappa shape index (κ3) is 6.80. The Morgan fingerprint density at radius 1 is 1.12 bits per heavy atom. The zero-order valence-electron chi connectivity index (χ0n) is 15.0. The van der Waals surface area contributed by atoms with E-state index in [0.717, 1.165) is 5.56 Å². The van der Waals surface area contributed by atoms with Gasteiger partial charge in [0.1, 0.15) is 0 Å². The molecular weight excluding hydrogens is 350 g/mol. The maximum atomic E-state index is 12.1. The number of amides is 1. The van der Waals surface area contributed by atoms with Crippen molar-refractivity contribution in [2.24, 2.45) is 5.92 Å². The number of anilines is 1. The van der Waals surface area contributed by atoms with Crippen LogP contribution in [0.1, 0.15) is 42.6 Å². The van der Waals surface area contributed by atoms with Crippen LogP contribution in [0.25, 0.3) is 0 Å². The molecule has 138 valence electrons. The maximum absolute atomic E-state index is 12.1. The van der Waals surface area contributed by atoms with Crippen molar-refractivity contribution in [3.63, 3.8) is 0 Å². The van der Waals surface area contributed by atoms with Crippen molar-refractivity contribution in [3.8, 4) is 0 Å². The average Bonchev–Trinajstić information content (AvgIpc) is 3.11. The van der Waals surface area contributed by atoms with Crippen molar-refractivity contribution >= 4 is 34.7 Å². The first-order valence-electron chi connectivity index (χ1n) is 8.54. The Kier molecular flexibility index (Phi) is 7.53. The van der Waals surface area contributed by atoms with Crippen LogP contribution in [-0.4, -0.2) is 24.3 Å². The number of carbonyl (C=O) groups is 3. The molecule has 0 aliphatic carbocycles. The fourth-order valence-corrected chi connectivity index (χ4v) is 3.01. The zero-order valence-corrected chi connectivity index (χ0v) is 15.8. The second-order valence-electron chi connectivity index (χ2n) is 6.44. The van der Waals surface area contributed by atoms with Gasteiger partial charge in [-0.3, -0.25) is 14.4 Å². The highest BCUT2D eigenvalue weighted by Crippen LogP contribution is 2.12. The molecule has 6 heteroatoms. The van der Waals surface area contributed by atoms with Gasteiger partial charge in [0.15, 0.2) is 12.4 Å². The van der Waals surface area contributed by atoms with Gasteiger partial charge in [0.2, 0.25) is 5.91 Å². The fourth-order valence-electron chi connectivity index (χ4n) is 2.31. The molecule has 1 N–H and O–H groups in total. The summed E-state index contributed by atoms with van der Waals surface area (Å²) in [6, 6.07) is 8.54. The summed E-state index contributed by atoms with van der Waals surface area (Å²) in [5.74, 6) is -0.431. The van der Waals surface area contributed by atoms with E-state index in [4.69, 9.17) is 4.74 Å². The lowest BCUT2D eigenvalue weighted by molar-refractivity contribution is -0.142. The number of hydrogen-bond acceptors (Lipinski definition) is 5. The zero-order chi connectivity index (χ0) is 18.9. The standard InChI is InChI=1S/C20H23NO4S/c1-14(2)11-19(23)21-17-6-4-16(5-7-17)18(22)12-25-20(24)8-3-15-9-10-26-13-15/h4-7,9-10,13-14H,3,8,11-12H2,1-2H3,(H,21,23). The third-order valence-corrected chi connectivity index (χ3v) is 4.38. The van der Waals surface area contributed by atoms with Gasteiger partial charge in [-0.25, -0.2) is 0 Å². The molecule has 0 aliphatic heterocycles. The van der Waals surface area contributed by atoms with Gasteiger partial charge >= 0.3 is 5.97 Å². The molecule has 0 saturated carbocycles. The van der Waals surface area contributed by atoms with E-state index >= 15 is 0 Å². The molecule has 2 rings (SSSR count). The number of rotatable bonds is 9. The van der Waals surface area contributed by atoms with Crippen LogP contribution < -0.4 is 5.32 Å². The van der Waals surface area contributed by atoms with Crippen LogP contribution in [0, 0.1) is 5.92 Å². The number of nitrogens with one attached hydrogen (secondary N) is 1. The molecule has 1 amide bonds. The number of benzene rings is 1. The lowest BCUT2D eigenvalue weighted by atomic mass is 10.1. The van der Waals surface area contributed by atoms with Crippen LogP contribution in [0.4, 0.5) is 5.69 Å². The van der Waals surface area contributed by atoms with E-state index in [1.165, 1.54) is 0 Å². The summed E-state index contributed by atoms with van der Waals surface area (Å²) in [5.41, 5.74) is 2.17. The third-order valence-electron chi connectivity index (χ3n) is 3.65. The number of aryl methyl sites for hydroxylation is 1. The van der Waals surface area contributed by atoms with Crippen LogP contribution in [0.15, 0.2) is 41.1 Å². The minimum atomic E-state index is -0.387. The second-order valence-corrected chi connectivity index (χ2v) is 7.22. The fraction of sp³-hybridized carbons (Fsp3) is 0.350. The van der Waals surface area contributed by atoms with E-state index < -0.39 is 0 Å². The quantitative estimate of drug-likeness (QED) is 0.531. The maximum Gasteiger partial charge on any atom is 0.306 e. The summed E-state index contributed by atoms with van der Waals surface area (Å²) in [5, 5.41) is 6.73. The van der Waals surface area contributed by atoms with Crippen molar-refractivity contribution in [2.45, 2.75) is 33.1 Å². The minimum absolute atomic E-state index is 0.0568. The molecule has 0 spiro atoms. The van der Waals surface area contributed by atoms with Gasteiger partial charge in [-0.15, -0.1) is 0 Å². The Hall–Kier alpha value is -2.47. The largest absolute Gasteiger partial charge is 0.457 e. The summed E-state index contributed by atoms with van der Waals surface area (Å²) < 4.78 is 5.04. The number of hydrogen-bond donors (Lipinski definition) is 1. The molecule has 2 aromatic rings. The molecule has 0 fully saturated rings. The number of esters is 1. The normalized spacial score (nSPS) is 10.6. The Balaban J connectivity index is 1.76. The Labute approximate surface area is 157 Å². The van der Waals surface area contributed by atoms with Crippen LogP contribution in [-0.2, 0) is 20.7 Å². The molecule has 5 nitrogen and oxygen atoms in total. The van der Waals surface area contributed by atoms with E-state index in [-0.39, 0.29) is 36.6 Å². The van der Waals surface area contributed by atoms with Gasteiger partial charge < -0.3 is 10.1 Å². The molecular formula is C20H23NO4S. The predicted molar refractivity (Wildman–Crippen MR) is 102 cm³/mol. The first kappa shape index (κ1) is 19.8. The van der Waals surface area contributed by atoms with Gasteiger partial charge in [-0.1, -0.05) is 13.8 Å². The lowest BCUT2D eigenvalue weighted by Crippen LogP contribution is -2.15. The minimum Gasteiger partial charge on any atom is -0.457 e. The van der Waals surface area contributed by atoms with Crippen molar-refractivity contribution in [1.29, 1.82) is 0 Å². The van der Waals surface area contributed by atoms with Crippen LogP contribution in [0.3, 0.4) is 0 Å². The van der Waals surface area contributed by atoms with E-state index in [2.05, 4.69) is 5.32 Å².